The van der Waals surface area contributed by atoms with E-state index in [9.17, 15) is 4.79 Å². The Morgan fingerprint density at radius 1 is 1.28 bits per heavy atom. The molecule has 18 heavy (non-hydrogen) atoms. The zero-order chi connectivity index (χ0) is 13.3. The van der Waals surface area contributed by atoms with Crippen molar-refractivity contribution in [3.63, 3.8) is 0 Å². The first kappa shape index (κ1) is 12.8. The molecule has 0 aliphatic carbocycles. The third kappa shape index (κ3) is 2.28. The van der Waals surface area contributed by atoms with Crippen LogP contribution in [0.3, 0.4) is 0 Å². The minimum Gasteiger partial charge on any atom is -0.460 e. The predicted octanol–water partition coefficient (Wildman–Crippen LogP) is 2.90. The molecule has 5 nitrogen and oxygen atoms in total. The maximum absolute atomic E-state index is 11.6. The monoisotopic (exact) mass is 266 g/mol. The van der Waals surface area contributed by atoms with Gasteiger partial charge in [-0.1, -0.05) is 0 Å². The van der Waals surface area contributed by atoms with Gasteiger partial charge in [0.15, 0.2) is 5.01 Å². The van der Waals surface area contributed by atoms with Crippen LogP contribution in [-0.4, -0.2) is 22.5 Å². The average molecular weight is 266 g/mol. The van der Waals surface area contributed by atoms with E-state index in [0.717, 1.165) is 10.6 Å². The van der Waals surface area contributed by atoms with Gasteiger partial charge >= 0.3 is 5.97 Å². The topological polar surface area (TPSA) is 65.2 Å². The fourth-order valence-electron chi connectivity index (χ4n) is 1.44. The highest BCUT2D eigenvalue weighted by Gasteiger charge is 2.21. The Hall–Kier alpha value is -1.69. The van der Waals surface area contributed by atoms with Gasteiger partial charge in [0.05, 0.1) is 18.0 Å². The quantitative estimate of drug-likeness (QED) is 0.799. The van der Waals surface area contributed by atoms with Crippen molar-refractivity contribution in [1.29, 1.82) is 0 Å². The summed E-state index contributed by atoms with van der Waals surface area (Å²) in [6, 6.07) is 0. The van der Waals surface area contributed by atoms with Gasteiger partial charge in [0, 0.05) is 4.88 Å². The molecule has 0 N–H and O–H groups in total. The molecule has 6 heteroatoms. The van der Waals surface area contributed by atoms with E-state index in [4.69, 9.17) is 9.15 Å². The van der Waals surface area contributed by atoms with Crippen molar-refractivity contribution in [2.24, 2.45) is 0 Å². The first-order chi connectivity index (χ1) is 8.52. The van der Waals surface area contributed by atoms with Gasteiger partial charge in [-0.3, -0.25) is 0 Å². The van der Waals surface area contributed by atoms with Crippen LogP contribution in [0, 0.1) is 20.8 Å². The van der Waals surface area contributed by atoms with Crippen LogP contribution in [0.5, 0.6) is 0 Å². The number of hydrogen-bond donors (Lipinski definition) is 0. The lowest BCUT2D eigenvalue weighted by atomic mass is 10.4. The lowest BCUT2D eigenvalue weighted by molar-refractivity contribution is 0.0490. The maximum atomic E-state index is 11.6. The molecule has 0 unspecified atom stereocenters. The van der Waals surface area contributed by atoms with Crippen LogP contribution in [0.2, 0.25) is 0 Å². The summed E-state index contributed by atoms with van der Waals surface area (Å²) in [5.41, 5.74) is 1.47. The first-order valence-corrected chi connectivity index (χ1v) is 6.43. The number of ether oxygens (including phenoxy) is 1. The molecule has 0 aliphatic heterocycles. The van der Waals surface area contributed by atoms with E-state index < -0.39 is 5.97 Å². The molecule has 0 aromatic carbocycles. The SMILES string of the molecule is CCOC(=O)c1oc(-c2nc(C)c(C)s2)nc1C. The van der Waals surface area contributed by atoms with E-state index in [1.165, 1.54) is 11.3 Å². The molecule has 2 heterocycles. The number of rotatable bonds is 3. The highest BCUT2D eigenvalue weighted by atomic mass is 32.1. The van der Waals surface area contributed by atoms with Gasteiger partial charge in [-0.25, -0.2) is 14.8 Å². The molecule has 2 rings (SSSR count). The molecule has 2 aromatic rings. The Morgan fingerprint density at radius 2 is 2.00 bits per heavy atom. The lowest BCUT2D eigenvalue weighted by Gasteiger charge is -1.96. The van der Waals surface area contributed by atoms with Gasteiger partial charge < -0.3 is 9.15 Å². The zero-order valence-electron chi connectivity index (χ0n) is 10.7. The van der Waals surface area contributed by atoms with E-state index in [1.54, 1.807) is 13.8 Å². The third-order valence-electron chi connectivity index (χ3n) is 2.47. The summed E-state index contributed by atoms with van der Waals surface area (Å²) in [5, 5.41) is 0.684. The molecule has 0 saturated carbocycles. The van der Waals surface area contributed by atoms with Crippen molar-refractivity contribution in [1.82, 2.24) is 9.97 Å². The van der Waals surface area contributed by atoms with Gasteiger partial charge in [-0.2, -0.15) is 0 Å². The lowest BCUT2D eigenvalue weighted by Crippen LogP contribution is -2.04. The van der Waals surface area contributed by atoms with Crippen LogP contribution in [0.25, 0.3) is 10.9 Å². The molecule has 0 saturated heterocycles. The largest absolute Gasteiger partial charge is 0.460 e. The number of hydrogen-bond acceptors (Lipinski definition) is 6. The van der Waals surface area contributed by atoms with Crippen LogP contribution in [0.15, 0.2) is 4.42 Å². The van der Waals surface area contributed by atoms with Crippen LogP contribution in [0.4, 0.5) is 0 Å². The number of oxazole rings is 1. The van der Waals surface area contributed by atoms with Gasteiger partial charge in [-0.15, -0.1) is 11.3 Å². The Kier molecular flexibility index (Phi) is 3.47. The summed E-state index contributed by atoms with van der Waals surface area (Å²) in [6.45, 7) is 7.68. The standard InChI is InChI=1S/C12H14N2O3S/c1-5-16-12(15)9-7(3)13-10(17-9)11-14-6(2)8(4)18-11/h5H2,1-4H3. The van der Waals surface area contributed by atoms with Crippen molar-refractivity contribution in [3.8, 4) is 10.9 Å². The smallest absolute Gasteiger partial charge is 0.376 e. The maximum Gasteiger partial charge on any atom is 0.376 e. The second-order valence-electron chi connectivity index (χ2n) is 3.81. The molecule has 2 aromatic heterocycles. The van der Waals surface area contributed by atoms with Crippen molar-refractivity contribution >= 4 is 17.3 Å². The minimum atomic E-state index is -0.487. The first-order valence-electron chi connectivity index (χ1n) is 5.61. The number of aryl methyl sites for hydroxylation is 3. The van der Waals surface area contributed by atoms with Gasteiger partial charge in [0.25, 0.3) is 5.89 Å². The molecule has 0 atom stereocenters. The number of esters is 1. The van der Waals surface area contributed by atoms with Crippen molar-refractivity contribution in [3.05, 3.63) is 22.0 Å². The number of aromatic nitrogens is 2. The number of thiazole rings is 1. The molecule has 0 spiro atoms. The molecule has 96 valence electrons. The van der Waals surface area contributed by atoms with E-state index in [1.807, 2.05) is 13.8 Å². The second-order valence-corrected chi connectivity index (χ2v) is 5.02. The van der Waals surface area contributed by atoms with Crippen molar-refractivity contribution in [2.45, 2.75) is 27.7 Å². The average Bonchev–Trinajstić information content (AvgIpc) is 2.84. The van der Waals surface area contributed by atoms with Crippen LogP contribution in [-0.2, 0) is 4.74 Å². The molecule has 0 amide bonds. The Bertz CT molecular complexity index is 567. The van der Waals surface area contributed by atoms with E-state index in [0.29, 0.717) is 23.2 Å². The number of carbonyl (C=O) groups is 1. The molecule has 0 aliphatic rings. The van der Waals surface area contributed by atoms with Gasteiger partial charge in [0.1, 0.15) is 0 Å². The summed E-state index contributed by atoms with van der Waals surface area (Å²) in [6.07, 6.45) is 0. The summed E-state index contributed by atoms with van der Waals surface area (Å²) in [4.78, 5) is 21.3. The van der Waals surface area contributed by atoms with Crippen molar-refractivity contribution < 1.29 is 13.9 Å². The van der Waals surface area contributed by atoms with E-state index in [-0.39, 0.29) is 5.76 Å². The van der Waals surface area contributed by atoms with Crippen LogP contribution >= 0.6 is 11.3 Å². The van der Waals surface area contributed by atoms with Gasteiger partial charge in [0.2, 0.25) is 5.76 Å². The Balaban J connectivity index is 2.36. The van der Waals surface area contributed by atoms with Gasteiger partial charge in [-0.05, 0) is 27.7 Å². The summed E-state index contributed by atoms with van der Waals surface area (Å²) in [5.74, 6) is 0.0351. The minimum absolute atomic E-state index is 0.150. The van der Waals surface area contributed by atoms with Crippen molar-refractivity contribution in [2.75, 3.05) is 6.61 Å². The fraction of sp³-hybridized carbons (Fsp3) is 0.417. The Labute approximate surface area is 109 Å². The Morgan fingerprint density at radius 3 is 2.56 bits per heavy atom. The van der Waals surface area contributed by atoms with E-state index >= 15 is 0 Å². The van der Waals surface area contributed by atoms with Crippen LogP contribution < -0.4 is 0 Å². The molecule has 0 radical (unpaired) electrons. The number of nitrogens with zero attached hydrogens (tertiary/aromatic N) is 2. The highest BCUT2D eigenvalue weighted by Crippen LogP contribution is 2.28. The summed E-state index contributed by atoms with van der Waals surface area (Å²) in [7, 11) is 0. The molecule has 0 fully saturated rings. The summed E-state index contributed by atoms with van der Waals surface area (Å²) >= 11 is 1.50. The number of carbonyl (C=O) groups excluding carboxylic acids is 1. The highest BCUT2D eigenvalue weighted by molar-refractivity contribution is 7.15. The second kappa shape index (κ2) is 4.89. The molecule has 0 bridgehead atoms. The van der Waals surface area contributed by atoms with E-state index in [2.05, 4.69) is 9.97 Å². The molecular formula is C12H14N2O3S. The normalized spacial score (nSPS) is 10.7. The van der Waals surface area contributed by atoms with Crippen LogP contribution in [0.1, 0.15) is 33.7 Å². The molecular weight excluding hydrogens is 252 g/mol. The summed E-state index contributed by atoms with van der Waals surface area (Å²) < 4.78 is 10.3. The zero-order valence-corrected chi connectivity index (χ0v) is 11.6. The third-order valence-corrected chi connectivity index (χ3v) is 3.53. The predicted molar refractivity (Wildman–Crippen MR) is 67.8 cm³/mol. The fourth-order valence-corrected chi connectivity index (χ4v) is 2.28.